The largest absolute Gasteiger partial charge is 0.356 e. The maximum Gasteiger partial charge on any atom is 0.327 e. The van der Waals surface area contributed by atoms with Crippen molar-refractivity contribution >= 4 is 39.5 Å². The van der Waals surface area contributed by atoms with Crippen molar-refractivity contribution < 1.29 is 4.79 Å². The highest BCUT2D eigenvalue weighted by atomic mass is 16.2. The molecule has 0 bridgehead atoms. The Morgan fingerprint density at radius 2 is 1.97 bits per heavy atom. The normalized spacial score (nSPS) is 14.6. The van der Waals surface area contributed by atoms with Gasteiger partial charge in [0.15, 0.2) is 5.65 Å². The van der Waals surface area contributed by atoms with Crippen LogP contribution in [0.4, 0.5) is 11.5 Å². The highest BCUT2D eigenvalue weighted by Crippen LogP contribution is 2.27. The van der Waals surface area contributed by atoms with Gasteiger partial charge in [0.2, 0.25) is 0 Å². The molecule has 5 heterocycles. The summed E-state index contributed by atoms with van der Waals surface area (Å²) in [6.07, 6.45) is 6.34. The van der Waals surface area contributed by atoms with Gasteiger partial charge < -0.3 is 10.2 Å². The van der Waals surface area contributed by atoms with Gasteiger partial charge in [0.05, 0.1) is 17.2 Å². The van der Waals surface area contributed by atoms with Crippen molar-refractivity contribution in [1.82, 2.24) is 34.7 Å². The quantitative estimate of drug-likeness (QED) is 0.378. The predicted octanol–water partition coefficient (Wildman–Crippen LogP) is 2.48. The number of fused-ring (bicyclic) bond motifs is 2. The third-order valence-electron chi connectivity index (χ3n) is 6.23. The topological polar surface area (TPSA) is 137 Å². The number of rotatable bonds is 4. The lowest BCUT2D eigenvalue weighted by atomic mass is 10.0. The first-order chi connectivity index (χ1) is 16.7. The molecule has 0 unspecified atom stereocenters. The zero-order valence-electron chi connectivity index (χ0n) is 18.1. The minimum Gasteiger partial charge on any atom is -0.356 e. The van der Waals surface area contributed by atoms with E-state index >= 15 is 0 Å². The van der Waals surface area contributed by atoms with E-state index in [1.807, 2.05) is 30.3 Å². The van der Waals surface area contributed by atoms with E-state index in [1.165, 1.54) is 6.33 Å². The molecule has 170 valence electrons. The second-order valence-corrected chi connectivity index (χ2v) is 8.28. The number of nitrogens with one attached hydrogen (secondary N) is 3. The molecule has 0 saturated carbocycles. The van der Waals surface area contributed by atoms with Crippen LogP contribution < -0.4 is 15.9 Å². The molecule has 0 radical (unpaired) electrons. The van der Waals surface area contributed by atoms with Gasteiger partial charge in [-0.15, -0.1) is 0 Å². The molecular formula is C23H21N9O2. The summed E-state index contributed by atoms with van der Waals surface area (Å²) >= 11 is 0. The van der Waals surface area contributed by atoms with Crippen LogP contribution in [0.5, 0.6) is 0 Å². The molecule has 1 amide bonds. The summed E-state index contributed by atoms with van der Waals surface area (Å²) in [6.45, 7) is 1.42. The number of H-pyrrole nitrogens is 2. The molecule has 5 aromatic rings. The number of hydrogen-bond donors (Lipinski definition) is 3. The van der Waals surface area contributed by atoms with Gasteiger partial charge >= 0.3 is 5.69 Å². The Hall–Kier alpha value is -4.54. The predicted molar refractivity (Wildman–Crippen MR) is 127 cm³/mol. The van der Waals surface area contributed by atoms with Crippen molar-refractivity contribution in [2.75, 3.05) is 23.3 Å². The molecule has 0 spiro atoms. The average molecular weight is 455 g/mol. The number of aromatic nitrogens is 7. The van der Waals surface area contributed by atoms with Gasteiger partial charge in [-0.05, 0) is 43.2 Å². The Morgan fingerprint density at radius 1 is 1.09 bits per heavy atom. The van der Waals surface area contributed by atoms with Crippen LogP contribution in [0.15, 0.2) is 59.9 Å². The first-order valence-corrected chi connectivity index (χ1v) is 11.0. The fraction of sp³-hybridized carbons (Fsp3) is 0.217. The van der Waals surface area contributed by atoms with E-state index in [0.717, 1.165) is 29.3 Å². The van der Waals surface area contributed by atoms with E-state index in [4.69, 9.17) is 0 Å². The number of benzene rings is 1. The van der Waals surface area contributed by atoms with Crippen LogP contribution in [0.3, 0.4) is 0 Å². The molecule has 1 saturated heterocycles. The number of carbonyl (C=O) groups is 1. The van der Waals surface area contributed by atoms with Crippen LogP contribution in [0.25, 0.3) is 22.1 Å². The SMILES string of the molecule is O=C(Nc1ccc2[nH]ncc2c1)c1cc(N2CCC(n3c(=O)[nH]c4ncccc43)CC2)ncn1. The van der Waals surface area contributed by atoms with Crippen LogP contribution in [0, 0.1) is 0 Å². The number of imidazole rings is 1. The molecule has 0 atom stereocenters. The van der Waals surface area contributed by atoms with Crippen molar-refractivity contribution in [1.29, 1.82) is 0 Å². The molecule has 1 aliphatic heterocycles. The zero-order valence-corrected chi connectivity index (χ0v) is 18.1. The van der Waals surface area contributed by atoms with Crippen LogP contribution in [-0.4, -0.2) is 53.7 Å². The lowest BCUT2D eigenvalue weighted by Crippen LogP contribution is -2.37. The highest BCUT2D eigenvalue weighted by Gasteiger charge is 2.25. The minimum atomic E-state index is -0.306. The van der Waals surface area contributed by atoms with Crippen molar-refractivity contribution in [2.45, 2.75) is 18.9 Å². The Bertz CT molecular complexity index is 1560. The Labute approximate surface area is 192 Å². The van der Waals surface area contributed by atoms with E-state index < -0.39 is 0 Å². The average Bonchev–Trinajstić information content (AvgIpc) is 3.47. The van der Waals surface area contributed by atoms with Crippen molar-refractivity contribution in [3.05, 3.63) is 71.3 Å². The van der Waals surface area contributed by atoms with Crippen molar-refractivity contribution in [3.8, 4) is 0 Å². The summed E-state index contributed by atoms with van der Waals surface area (Å²) < 4.78 is 1.80. The van der Waals surface area contributed by atoms with Crippen LogP contribution in [-0.2, 0) is 0 Å². The first-order valence-electron chi connectivity index (χ1n) is 11.0. The molecular weight excluding hydrogens is 434 g/mol. The molecule has 4 aromatic heterocycles. The molecule has 3 N–H and O–H groups in total. The highest BCUT2D eigenvalue weighted by molar-refractivity contribution is 6.04. The Balaban J connectivity index is 1.16. The number of aromatic amines is 2. The second kappa shape index (κ2) is 8.10. The molecule has 1 aromatic carbocycles. The molecule has 11 heteroatoms. The third kappa shape index (κ3) is 3.56. The fourth-order valence-corrected chi connectivity index (χ4v) is 4.53. The summed E-state index contributed by atoms with van der Waals surface area (Å²) in [4.78, 5) is 43.0. The monoisotopic (exact) mass is 455 g/mol. The van der Waals surface area contributed by atoms with Gasteiger partial charge in [-0.3, -0.25) is 19.4 Å². The summed E-state index contributed by atoms with van der Waals surface area (Å²) in [5.41, 5.74) is 3.14. The maximum atomic E-state index is 12.8. The number of anilines is 2. The van der Waals surface area contributed by atoms with Crippen LogP contribution in [0.2, 0.25) is 0 Å². The van der Waals surface area contributed by atoms with Crippen LogP contribution in [0.1, 0.15) is 29.4 Å². The number of piperidine rings is 1. The van der Waals surface area contributed by atoms with Crippen LogP contribution >= 0.6 is 0 Å². The molecule has 34 heavy (non-hydrogen) atoms. The summed E-state index contributed by atoms with van der Waals surface area (Å²) in [6, 6.07) is 11.0. The summed E-state index contributed by atoms with van der Waals surface area (Å²) in [5, 5.41) is 10.7. The lowest BCUT2D eigenvalue weighted by Gasteiger charge is -2.33. The number of nitrogens with zero attached hydrogens (tertiary/aromatic N) is 6. The zero-order chi connectivity index (χ0) is 23.1. The smallest absolute Gasteiger partial charge is 0.327 e. The summed E-state index contributed by atoms with van der Waals surface area (Å²) in [5.74, 6) is 0.385. The fourth-order valence-electron chi connectivity index (χ4n) is 4.53. The molecule has 6 rings (SSSR count). The molecule has 0 aliphatic carbocycles. The van der Waals surface area contributed by atoms with Gasteiger partial charge in [-0.1, -0.05) is 0 Å². The molecule has 1 fully saturated rings. The van der Waals surface area contributed by atoms with Gasteiger partial charge in [-0.2, -0.15) is 5.10 Å². The number of carbonyl (C=O) groups excluding carboxylic acids is 1. The molecule has 1 aliphatic rings. The van der Waals surface area contributed by atoms with E-state index in [-0.39, 0.29) is 17.6 Å². The maximum absolute atomic E-state index is 12.8. The summed E-state index contributed by atoms with van der Waals surface area (Å²) in [7, 11) is 0. The Kier molecular flexibility index (Phi) is 4.79. The van der Waals surface area contributed by atoms with Gasteiger partial charge in [0.25, 0.3) is 5.91 Å². The van der Waals surface area contributed by atoms with Gasteiger partial charge in [0, 0.05) is 42.5 Å². The van der Waals surface area contributed by atoms with E-state index in [9.17, 15) is 9.59 Å². The number of amides is 1. The standard InChI is InChI=1S/C23H21N9O2/c33-22(28-15-3-4-17-14(10-15)12-27-30-17)18-11-20(26-13-25-18)31-8-5-16(6-9-31)32-19-2-1-7-24-21(19)29-23(32)34/h1-4,7,10-13,16H,5-6,8-9H2,(H,27,30)(H,28,33)(H,24,29,34). The molecule has 11 nitrogen and oxygen atoms in total. The van der Waals surface area contributed by atoms with Gasteiger partial charge in [0.1, 0.15) is 17.8 Å². The van der Waals surface area contributed by atoms with Gasteiger partial charge in [-0.25, -0.2) is 19.7 Å². The third-order valence-corrected chi connectivity index (χ3v) is 6.23. The van der Waals surface area contributed by atoms with E-state index in [0.29, 0.717) is 35.9 Å². The van der Waals surface area contributed by atoms with E-state index in [1.54, 1.807) is 23.0 Å². The first kappa shape index (κ1) is 20.1. The van der Waals surface area contributed by atoms with E-state index in [2.05, 4.69) is 40.3 Å². The lowest BCUT2D eigenvalue weighted by molar-refractivity contribution is 0.102. The number of hydrogen-bond acceptors (Lipinski definition) is 7. The Morgan fingerprint density at radius 3 is 2.85 bits per heavy atom. The minimum absolute atomic E-state index is 0.0733. The second-order valence-electron chi connectivity index (χ2n) is 8.28. The van der Waals surface area contributed by atoms with Crippen molar-refractivity contribution in [2.24, 2.45) is 0 Å². The number of pyridine rings is 1. The van der Waals surface area contributed by atoms with Crippen molar-refractivity contribution in [3.63, 3.8) is 0 Å².